The van der Waals surface area contributed by atoms with Crippen LogP contribution in [0.25, 0.3) is 0 Å². The molecule has 0 saturated heterocycles. The molecule has 142 valence electrons. The fourth-order valence-electron chi connectivity index (χ4n) is 3.06. The Bertz CT molecular complexity index is 904. The SMILES string of the molecule is CC(CN1C(=O)c2ccccc2C1=O)C(=NO)n1nc(C(C)(C)C)cc1N. The molecule has 0 fully saturated rings. The molecule has 27 heavy (non-hydrogen) atoms. The van der Waals surface area contributed by atoms with Gasteiger partial charge in [0.25, 0.3) is 11.8 Å². The summed E-state index contributed by atoms with van der Waals surface area (Å²) in [5.41, 5.74) is 7.32. The van der Waals surface area contributed by atoms with Crippen LogP contribution in [-0.2, 0) is 5.41 Å². The van der Waals surface area contributed by atoms with Crippen LogP contribution in [0.15, 0.2) is 35.5 Å². The minimum absolute atomic E-state index is 0.0515. The lowest BCUT2D eigenvalue weighted by molar-refractivity contribution is 0.0643. The Morgan fingerprint density at radius 2 is 1.78 bits per heavy atom. The zero-order chi connectivity index (χ0) is 19.9. The molecule has 1 aromatic carbocycles. The Kier molecular flexibility index (Phi) is 4.51. The lowest BCUT2D eigenvalue weighted by Crippen LogP contribution is -2.38. The van der Waals surface area contributed by atoms with Crippen LogP contribution >= 0.6 is 0 Å². The Labute approximate surface area is 157 Å². The summed E-state index contributed by atoms with van der Waals surface area (Å²) in [6.45, 7) is 7.79. The molecule has 1 aromatic heterocycles. The summed E-state index contributed by atoms with van der Waals surface area (Å²) < 4.78 is 1.35. The number of amides is 2. The predicted octanol–water partition coefficient (Wildman–Crippen LogP) is 2.33. The fourth-order valence-corrected chi connectivity index (χ4v) is 3.06. The van der Waals surface area contributed by atoms with Gasteiger partial charge in [-0.3, -0.25) is 14.5 Å². The Hall–Kier alpha value is -3.16. The zero-order valence-corrected chi connectivity index (χ0v) is 15.8. The van der Waals surface area contributed by atoms with E-state index in [1.807, 2.05) is 20.8 Å². The van der Waals surface area contributed by atoms with E-state index in [-0.39, 0.29) is 29.6 Å². The molecule has 0 radical (unpaired) electrons. The number of nitrogens with zero attached hydrogens (tertiary/aromatic N) is 4. The van der Waals surface area contributed by atoms with Crippen LogP contribution in [0.3, 0.4) is 0 Å². The van der Waals surface area contributed by atoms with Crippen molar-refractivity contribution in [3.8, 4) is 0 Å². The first-order valence-electron chi connectivity index (χ1n) is 8.68. The van der Waals surface area contributed by atoms with Gasteiger partial charge >= 0.3 is 0 Å². The highest BCUT2D eigenvalue weighted by Gasteiger charge is 2.37. The summed E-state index contributed by atoms with van der Waals surface area (Å²) in [7, 11) is 0. The number of nitrogens with two attached hydrogens (primary N) is 1. The van der Waals surface area contributed by atoms with Crippen molar-refractivity contribution in [3.63, 3.8) is 0 Å². The Morgan fingerprint density at radius 1 is 1.22 bits per heavy atom. The Balaban J connectivity index is 1.86. The lowest BCUT2D eigenvalue weighted by atomic mass is 9.92. The van der Waals surface area contributed by atoms with Crippen molar-refractivity contribution in [2.75, 3.05) is 12.3 Å². The van der Waals surface area contributed by atoms with E-state index in [1.165, 1.54) is 4.68 Å². The summed E-state index contributed by atoms with van der Waals surface area (Å²) >= 11 is 0. The summed E-state index contributed by atoms with van der Waals surface area (Å²) in [4.78, 5) is 26.3. The molecular weight excluding hydrogens is 346 g/mol. The van der Waals surface area contributed by atoms with E-state index < -0.39 is 5.92 Å². The van der Waals surface area contributed by atoms with Gasteiger partial charge in [0.15, 0.2) is 5.84 Å². The van der Waals surface area contributed by atoms with Gasteiger partial charge in [-0.2, -0.15) is 9.78 Å². The molecule has 1 aliphatic rings. The average molecular weight is 369 g/mol. The topological polar surface area (TPSA) is 114 Å². The quantitative estimate of drug-likeness (QED) is 0.283. The predicted molar refractivity (Wildman–Crippen MR) is 101 cm³/mol. The van der Waals surface area contributed by atoms with Crippen molar-refractivity contribution in [3.05, 3.63) is 47.2 Å². The number of imide groups is 1. The molecule has 8 nitrogen and oxygen atoms in total. The molecule has 1 unspecified atom stereocenters. The molecule has 3 N–H and O–H groups in total. The van der Waals surface area contributed by atoms with Gasteiger partial charge in [-0.1, -0.05) is 45.0 Å². The van der Waals surface area contributed by atoms with Crippen molar-refractivity contribution in [1.29, 1.82) is 0 Å². The van der Waals surface area contributed by atoms with Crippen LogP contribution in [0.4, 0.5) is 5.82 Å². The van der Waals surface area contributed by atoms with Gasteiger partial charge in [0.1, 0.15) is 5.82 Å². The first-order valence-corrected chi connectivity index (χ1v) is 8.68. The highest BCUT2D eigenvalue weighted by Crippen LogP contribution is 2.26. The molecule has 1 atom stereocenters. The monoisotopic (exact) mass is 369 g/mol. The number of oxime groups is 1. The summed E-state index contributed by atoms with van der Waals surface area (Å²) in [6.07, 6.45) is 0. The smallest absolute Gasteiger partial charge is 0.261 e. The molecule has 1 aliphatic heterocycles. The van der Waals surface area contributed by atoms with E-state index in [4.69, 9.17) is 5.73 Å². The first-order chi connectivity index (χ1) is 12.6. The number of carbonyl (C=O) groups excluding carboxylic acids is 2. The maximum Gasteiger partial charge on any atom is 0.261 e. The summed E-state index contributed by atoms with van der Waals surface area (Å²) in [5.74, 6) is -0.708. The number of benzene rings is 1. The van der Waals surface area contributed by atoms with Gasteiger partial charge in [-0.05, 0) is 12.1 Å². The second kappa shape index (κ2) is 6.53. The molecule has 2 heterocycles. The van der Waals surface area contributed by atoms with E-state index >= 15 is 0 Å². The molecule has 0 saturated carbocycles. The van der Waals surface area contributed by atoms with Crippen LogP contribution in [-0.4, -0.2) is 44.1 Å². The van der Waals surface area contributed by atoms with Crippen LogP contribution in [0, 0.1) is 5.92 Å². The van der Waals surface area contributed by atoms with Gasteiger partial charge in [-0.25, -0.2) is 0 Å². The van der Waals surface area contributed by atoms with Gasteiger partial charge in [-0.15, -0.1) is 0 Å². The number of rotatable bonds is 3. The van der Waals surface area contributed by atoms with E-state index in [9.17, 15) is 14.8 Å². The summed E-state index contributed by atoms with van der Waals surface area (Å²) in [5, 5.41) is 17.3. The van der Waals surface area contributed by atoms with E-state index in [1.54, 1.807) is 37.3 Å². The third-order valence-electron chi connectivity index (χ3n) is 4.60. The van der Waals surface area contributed by atoms with Crippen LogP contribution < -0.4 is 5.73 Å². The molecule has 0 spiro atoms. The molecule has 8 heteroatoms. The van der Waals surface area contributed by atoms with Gasteiger partial charge in [0, 0.05) is 23.9 Å². The lowest BCUT2D eigenvalue weighted by Gasteiger charge is -2.20. The van der Waals surface area contributed by atoms with E-state index in [0.717, 1.165) is 10.6 Å². The number of anilines is 1. The van der Waals surface area contributed by atoms with E-state index in [2.05, 4.69) is 10.3 Å². The number of fused-ring (bicyclic) bond motifs is 1. The standard InChI is InChI=1S/C19H23N5O3/c1-11(10-23-17(25)12-7-5-6-8-13(12)18(23)26)16(22-27)24-15(20)9-14(21-24)19(2,3)4/h5-9,11,27H,10,20H2,1-4H3. The van der Waals surface area contributed by atoms with Crippen molar-refractivity contribution in [1.82, 2.24) is 14.7 Å². The molecule has 3 rings (SSSR count). The third-order valence-corrected chi connectivity index (χ3v) is 4.60. The second-order valence-electron chi connectivity index (χ2n) is 7.74. The zero-order valence-electron chi connectivity index (χ0n) is 15.8. The third kappa shape index (κ3) is 3.18. The van der Waals surface area contributed by atoms with Crippen molar-refractivity contribution >= 4 is 23.5 Å². The molecule has 2 amide bonds. The highest BCUT2D eigenvalue weighted by molar-refractivity contribution is 6.21. The van der Waals surface area contributed by atoms with Crippen molar-refractivity contribution in [2.24, 2.45) is 11.1 Å². The maximum absolute atomic E-state index is 12.5. The summed E-state index contributed by atoms with van der Waals surface area (Å²) in [6, 6.07) is 8.41. The van der Waals surface area contributed by atoms with Crippen molar-refractivity contribution in [2.45, 2.75) is 33.1 Å². The normalized spacial score (nSPS) is 16.0. The average Bonchev–Trinajstić information content (AvgIpc) is 3.10. The number of nitrogen functional groups attached to an aromatic ring is 1. The number of carbonyl (C=O) groups is 2. The molecule has 0 aliphatic carbocycles. The number of hydrogen-bond donors (Lipinski definition) is 2. The van der Waals surface area contributed by atoms with Gasteiger partial charge in [0.05, 0.1) is 16.8 Å². The van der Waals surface area contributed by atoms with Crippen LogP contribution in [0.5, 0.6) is 0 Å². The first kappa shape index (κ1) is 18.6. The van der Waals surface area contributed by atoms with E-state index in [0.29, 0.717) is 16.9 Å². The van der Waals surface area contributed by atoms with Gasteiger partial charge < -0.3 is 10.9 Å². The minimum atomic E-state index is -0.479. The highest BCUT2D eigenvalue weighted by atomic mass is 16.4. The second-order valence-corrected chi connectivity index (χ2v) is 7.74. The van der Waals surface area contributed by atoms with Crippen molar-refractivity contribution < 1.29 is 14.8 Å². The van der Waals surface area contributed by atoms with Crippen LogP contribution in [0.1, 0.15) is 54.1 Å². The largest absolute Gasteiger partial charge is 0.409 e. The Morgan fingerprint density at radius 3 is 2.22 bits per heavy atom. The molecular formula is C19H23N5O3. The fraction of sp³-hybridized carbons (Fsp3) is 0.368. The number of hydrogen-bond acceptors (Lipinski definition) is 6. The van der Waals surface area contributed by atoms with Gasteiger partial charge in [0.2, 0.25) is 0 Å². The maximum atomic E-state index is 12.5. The molecule has 2 aromatic rings. The minimum Gasteiger partial charge on any atom is -0.409 e. The molecule has 0 bridgehead atoms. The number of aromatic nitrogens is 2. The van der Waals surface area contributed by atoms with Crippen LogP contribution in [0.2, 0.25) is 0 Å².